The number of esters is 1. The molecule has 0 atom stereocenters. The topological polar surface area (TPSA) is 61.8 Å². The number of halogens is 2. The van der Waals surface area contributed by atoms with Crippen LogP contribution in [0, 0.1) is 0 Å². The van der Waals surface area contributed by atoms with Crippen LogP contribution in [0.2, 0.25) is 10.0 Å². The van der Waals surface area contributed by atoms with Gasteiger partial charge in [-0.25, -0.2) is 0 Å². The molecule has 2 aromatic rings. The molecular weight excluding hydrogens is 367 g/mol. The number of carbonyl (C=O) groups is 2. The Hall–Kier alpha value is -2.24. The second-order valence-electron chi connectivity index (χ2n) is 5.06. The van der Waals surface area contributed by atoms with Gasteiger partial charge in [0.05, 0.1) is 26.2 Å². The molecule has 0 aliphatic rings. The van der Waals surface area contributed by atoms with Crippen LogP contribution < -0.4 is 9.47 Å². The van der Waals surface area contributed by atoms with Crippen LogP contribution >= 0.6 is 23.2 Å². The van der Waals surface area contributed by atoms with Crippen molar-refractivity contribution in [1.82, 2.24) is 0 Å². The van der Waals surface area contributed by atoms with Gasteiger partial charge in [-0.1, -0.05) is 29.3 Å². The van der Waals surface area contributed by atoms with E-state index >= 15 is 0 Å². The van der Waals surface area contributed by atoms with Gasteiger partial charge in [0.25, 0.3) is 0 Å². The Morgan fingerprint density at radius 1 is 1.00 bits per heavy atom. The molecule has 0 saturated carbocycles. The molecule has 0 bridgehead atoms. The highest BCUT2D eigenvalue weighted by Gasteiger charge is 2.16. The lowest BCUT2D eigenvalue weighted by atomic mass is 10.1. The van der Waals surface area contributed by atoms with E-state index in [1.165, 1.54) is 26.4 Å². The summed E-state index contributed by atoms with van der Waals surface area (Å²) < 4.78 is 15.3. The van der Waals surface area contributed by atoms with E-state index in [0.29, 0.717) is 27.1 Å². The second kappa shape index (κ2) is 8.74. The highest BCUT2D eigenvalue weighted by atomic mass is 35.5. The van der Waals surface area contributed by atoms with E-state index in [1.54, 1.807) is 24.3 Å². The number of hydrogen-bond acceptors (Lipinski definition) is 5. The average Bonchev–Trinajstić information content (AvgIpc) is 2.61. The SMILES string of the molecule is COc1ccc(OC)c(C(=O)COC(=O)Cc2ccc(Cl)cc2Cl)c1. The van der Waals surface area contributed by atoms with Gasteiger partial charge in [0.2, 0.25) is 5.78 Å². The summed E-state index contributed by atoms with van der Waals surface area (Å²) in [6.07, 6.45) is -0.0570. The number of rotatable bonds is 7. The Bertz CT molecular complexity index is 789. The van der Waals surface area contributed by atoms with Gasteiger partial charge in [0, 0.05) is 10.0 Å². The van der Waals surface area contributed by atoms with Crippen LogP contribution in [0.4, 0.5) is 0 Å². The zero-order valence-corrected chi connectivity index (χ0v) is 15.2. The Labute approximate surface area is 155 Å². The fraction of sp³-hybridized carbons (Fsp3) is 0.222. The summed E-state index contributed by atoms with van der Waals surface area (Å²) in [5.74, 6) is -0.0863. The molecule has 0 heterocycles. The molecule has 0 spiro atoms. The van der Waals surface area contributed by atoms with Crippen LogP contribution in [-0.2, 0) is 16.0 Å². The van der Waals surface area contributed by atoms with Crippen LogP contribution in [0.5, 0.6) is 11.5 Å². The normalized spacial score (nSPS) is 10.2. The van der Waals surface area contributed by atoms with Crippen molar-refractivity contribution in [1.29, 1.82) is 0 Å². The predicted molar refractivity (Wildman–Crippen MR) is 95.0 cm³/mol. The molecule has 0 N–H and O–H groups in total. The zero-order valence-electron chi connectivity index (χ0n) is 13.7. The number of methoxy groups -OCH3 is 2. The third-order valence-corrected chi connectivity index (χ3v) is 4.01. The largest absolute Gasteiger partial charge is 0.497 e. The highest BCUT2D eigenvalue weighted by molar-refractivity contribution is 6.35. The fourth-order valence-electron chi connectivity index (χ4n) is 2.13. The van der Waals surface area contributed by atoms with Gasteiger partial charge >= 0.3 is 5.97 Å². The van der Waals surface area contributed by atoms with Crippen LogP contribution in [0.25, 0.3) is 0 Å². The molecule has 25 heavy (non-hydrogen) atoms. The summed E-state index contributed by atoms with van der Waals surface area (Å²) in [5, 5.41) is 0.840. The minimum Gasteiger partial charge on any atom is -0.497 e. The monoisotopic (exact) mass is 382 g/mol. The van der Waals surface area contributed by atoms with E-state index in [9.17, 15) is 9.59 Å². The van der Waals surface area contributed by atoms with Crippen LogP contribution in [0.3, 0.4) is 0 Å². The summed E-state index contributed by atoms with van der Waals surface area (Å²) in [6.45, 7) is -0.409. The summed E-state index contributed by atoms with van der Waals surface area (Å²) in [5.41, 5.74) is 0.849. The lowest BCUT2D eigenvalue weighted by molar-refractivity contribution is -0.141. The summed E-state index contributed by atoms with van der Waals surface area (Å²) in [6, 6.07) is 9.62. The molecule has 132 valence electrons. The van der Waals surface area contributed by atoms with Gasteiger partial charge in [-0.3, -0.25) is 9.59 Å². The van der Waals surface area contributed by atoms with Crippen molar-refractivity contribution in [2.24, 2.45) is 0 Å². The van der Waals surface area contributed by atoms with Crippen molar-refractivity contribution in [3.63, 3.8) is 0 Å². The number of carbonyl (C=O) groups excluding carboxylic acids is 2. The van der Waals surface area contributed by atoms with E-state index in [1.807, 2.05) is 0 Å². The van der Waals surface area contributed by atoms with Gasteiger partial charge in [0.15, 0.2) is 6.61 Å². The molecule has 0 fully saturated rings. The predicted octanol–water partition coefficient (Wildman–Crippen LogP) is 3.98. The second-order valence-corrected chi connectivity index (χ2v) is 5.91. The molecule has 0 aromatic heterocycles. The Morgan fingerprint density at radius 2 is 1.76 bits per heavy atom. The molecule has 5 nitrogen and oxygen atoms in total. The smallest absolute Gasteiger partial charge is 0.310 e. The van der Waals surface area contributed by atoms with Gasteiger partial charge in [0.1, 0.15) is 11.5 Å². The maximum atomic E-state index is 12.3. The average molecular weight is 383 g/mol. The molecule has 2 rings (SSSR count). The molecular formula is C18H16Cl2O5. The summed E-state index contributed by atoms with van der Waals surface area (Å²) >= 11 is 11.8. The number of ketones is 1. The van der Waals surface area contributed by atoms with Crippen molar-refractivity contribution in [3.05, 3.63) is 57.6 Å². The minimum atomic E-state index is -0.570. The van der Waals surface area contributed by atoms with Crippen LogP contribution in [-0.4, -0.2) is 32.6 Å². The molecule has 0 unspecified atom stereocenters. The first-order valence-corrected chi connectivity index (χ1v) is 8.05. The molecule has 0 aliphatic carbocycles. The van der Waals surface area contributed by atoms with Gasteiger partial charge < -0.3 is 14.2 Å². The minimum absolute atomic E-state index is 0.0570. The Balaban J connectivity index is 2.00. The molecule has 0 saturated heterocycles. The molecule has 7 heteroatoms. The lowest BCUT2D eigenvalue weighted by Crippen LogP contribution is -2.16. The molecule has 0 amide bonds. The quantitative estimate of drug-likeness (QED) is 0.535. The van der Waals surface area contributed by atoms with Crippen LogP contribution in [0.1, 0.15) is 15.9 Å². The first-order chi connectivity index (χ1) is 11.9. The first kappa shape index (κ1) is 19.1. The van der Waals surface area contributed by atoms with Crippen molar-refractivity contribution in [3.8, 4) is 11.5 Å². The first-order valence-electron chi connectivity index (χ1n) is 7.29. The van der Waals surface area contributed by atoms with Crippen molar-refractivity contribution < 1.29 is 23.8 Å². The maximum absolute atomic E-state index is 12.3. The van der Waals surface area contributed by atoms with Gasteiger partial charge in [-0.05, 0) is 35.9 Å². The third-order valence-electron chi connectivity index (χ3n) is 3.42. The standard InChI is InChI=1S/C18H16Cl2O5/c1-23-13-5-6-17(24-2)14(9-13)16(21)10-25-18(22)7-11-3-4-12(19)8-15(11)20/h3-6,8-9H,7,10H2,1-2H3. The zero-order chi connectivity index (χ0) is 18.4. The van der Waals surface area contributed by atoms with E-state index in [2.05, 4.69) is 0 Å². The lowest BCUT2D eigenvalue weighted by Gasteiger charge is -2.10. The van der Waals surface area contributed by atoms with Crippen LogP contribution in [0.15, 0.2) is 36.4 Å². The number of hydrogen-bond donors (Lipinski definition) is 0. The maximum Gasteiger partial charge on any atom is 0.310 e. The highest BCUT2D eigenvalue weighted by Crippen LogP contribution is 2.25. The van der Waals surface area contributed by atoms with E-state index in [-0.39, 0.29) is 12.0 Å². The van der Waals surface area contributed by atoms with Crippen molar-refractivity contribution in [2.45, 2.75) is 6.42 Å². The van der Waals surface area contributed by atoms with E-state index in [4.69, 9.17) is 37.4 Å². The summed E-state index contributed by atoms with van der Waals surface area (Å²) in [4.78, 5) is 24.2. The van der Waals surface area contributed by atoms with Crippen molar-refractivity contribution >= 4 is 35.0 Å². The molecule has 0 aliphatic heterocycles. The summed E-state index contributed by atoms with van der Waals surface area (Å²) in [7, 11) is 2.94. The van der Waals surface area contributed by atoms with E-state index in [0.717, 1.165) is 0 Å². The third kappa shape index (κ3) is 5.11. The van der Waals surface area contributed by atoms with Crippen molar-refractivity contribution in [2.75, 3.05) is 20.8 Å². The van der Waals surface area contributed by atoms with E-state index < -0.39 is 18.4 Å². The molecule has 0 radical (unpaired) electrons. The van der Waals surface area contributed by atoms with Gasteiger partial charge in [-0.2, -0.15) is 0 Å². The number of benzene rings is 2. The number of Topliss-reactive ketones (excluding diaryl/α,β-unsaturated/α-hetero) is 1. The van der Waals surface area contributed by atoms with Gasteiger partial charge in [-0.15, -0.1) is 0 Å². The Morgan fingerprint density at radius 3 is 2.40 bits per heavy atom. The molecule has 2 aromatic carbocycles. The Kier molecular flexibility index (Phi) is 6.67. The number of ether oxygens (including phenoxy) is 3. The fourth-order valence-corrected chi connectivity index (χ4v) is 2.60.